The lowest BCUT2D eigenvalue weighted by Crippen LogP contribution is -2.14. The van der Waals surface area contributed by atoms with Crippen LogP contribution in [0, 0.1) is 13.8 Å². The monoisotopic (exact) mass is 350 g/mol. The second-order valence-electron chi connectivity index (χ2n) is 6.21. The number of rotatable bonds is 6. The number of benzene rings is 1. The third-order valence-corrected chi connectivity index (χ3v) is 4.36. The highest BCUT2D eigenvalue weighted by molar-refractivity contribution is 5.56. The maximum atomic E-state index is 11.9. The summed E-state index contributed by atoms with van der Waals surface area (Å²) in [6.45, 7) is 4.40. The fraction of sp³-hybridized carbons (Fsp3) is 0.250. The summed E-state index contributed by atoms with van der Waals surface area (Å²) < 4.78 is 0. The summed E-state index contributed by atoms with van der Waals surface area (Å²) in [5, 5.41) is 12.3. The lowest BCUT2D eigenvalue weighted by molar-refractivity contribution is 0.282. The van der Waals surface area contributed by atoms with E-state index in [1.807, 2.05) is 43.3 Å². The van der Waals surface area contributed by atoms with Crippen molar-refractivity contribution in [2.24, 2.45) is 0 Å². The van der Waals surface area contributed by atoms with Gasteiger partial charge in [-0.05, 0) is 43.5 Å². The zero-order valence-corrected chi connectivity index (χ0v) is 14.9. The summed E-state index contributed by atoms with van der Waals surface area (Å²) in [4.78, 5) is 23.5. The fourth-order valence-corrected chi connectivity index (χ4v) is 2.57. The summed E-state index contributed by atoms with van der Waals surface area (Å²) in [5.74, 6) is 1.30. The van der Waals surface area contributed by atoms with Gasteiger partial charge in [0.15, 0.2) is 0 Å². The van der Waals surface area contributed by atoms with Gasteiger partial charge >= 0.3 is 0 Å². The minimum atomic E-state index is -0.123. The molecule has 0 fully saturated rings. The van der Waals surface area contributed by atoms with E-state index in [0.29, 0.717) is 11.4 Å². The Morgan fingerprint density at radius 3 is 2.42 bits per heavy atom. The number of nitrogens with zero attached hydrogens (tertiary/aromatic N) is 2. The van der Waals surface area contributed by atoms with E-state index >= 15 is 0 Å². The Bertz CT molecular complexity index is 932. The van der Waals surface area contributed by atoms with Crippen LogP contribution in [-0.2, 0) is 13.0 Å². The van der Waals surface area contributed by atoms with Crippen LogP contribution in [0.15, 0.2) is 47.4 Å². The number of hydrogen-bond donors (Lipinski definition) is 3. The molecule has 0 saturated carbocycles. The molecule has 0 aliphatic rings. The number of aromatic amines is 1. The van der Waals surface area contributed by atoms with Crippen molar-refractivity contribution in [2.45, 2.75) is 26.9 Å². The molecule has 0 amide bonds. The molecule has 0 aliphatic carbocycles. The first-order valence-electron chi connectivity index (χ1n) is 8.53. The van der Waals surface area contributed by atoms with Crippen molar-refractivity contribution in [3.63, 3.8) is 0 Å². The van der Waals surface area contributed by atoms with Crippen LogP contribution >= 0.6 is 0 Å². The number of aryl methyl sites for hydroxylation is 1. The predicted octanol–water partition coefficient (Wildman–Crippen LogP) is 2.60. The Balaban J connectivity index is 1.61. The number of anilines is 1. The molecule has 3 N–H and O–H groups in total. The first-order chi connectivity index (χ1) is 12.6. The number of aliphatic hydroxyl groups is 1. The number of aliphatic hydroxyl groups excluding tert-OH is 1. The quantitative estimate of drug-likeness (QED) is 0.636. The minimum Gasteiger partial charge on any atom is -0.392 e. The molecule has 0 bridgehead atoms. The van der Waals surface area contributed by atoms with Gasteiger partial charge in [0.2, 0.25) is 0 Å². The molecule has 6 heteroatoms. The van der Waals surface area contributed by atoms with E-state index in [4.69, 9.17) is 5.11 Å². The zero-order chi connectivity index (χ0) is 18.5. The van der Waals surface area contributed by atoms with E-state index in [2.05, 4.69) is 20.3 Å². The van der Waals surface area contributed by atoms with Crippen molar-refractivity contribution in [1.29, 1.82) is 0 Å². The van der Waals surface area contributed by atoms with Gasteiger partial charge in [-0.15, -0.1) is 0 Å². The molecule has 0 spiro atoms. The molecular formula is C20H22N4O2. The van der Waals surface area contributed by atoms with Gasteiger partial charge in [-0.25, -0.2) is 9.97 Å². The molecule has 0 unspecified atom stereocenters. The van der Waals surface area contributed by atoms with E-state index in [1.54, 1.807) is 13.1 Å². The Labute approximate surface area is 152 Å². The van der Waals surface area contributed by atoms with Crippen LogP contribution in [0.2, 0.25) is 0 Å². The standard InChI is InChI=1S/C20H22N4O2/c1-13-14(2)23-19(24-20(13)26)17-7-8-18(22-11-17)21-10-9-15-3-5-16(12-25)6-4-15/h3-8,11,25H,9-10,12H2,1-2H3,(H,21,22)(H,23,24,26). The molecule has 0 radical (unpaired) electrons. The van der Waals surface area contributed by atoms with Crippen molar-refractivity contribution < 1.29 is 5.11 Å². The molecule has 0 atom stereocenters. The second kappa shape index (κ2) is 7.93. The van der Waals surface area contributed by atoms with E-state index in [1.165, 1.54) is 5.56 Å². The topological polar surface area (TPSA) is 90.9 Å². The average Bonchev–Trinajstić information content (AvgIpc) is 2.67. The van der Waals surface area contributed by atoms with Crippen molar-refractivity contribution in [3.05, 3.63) is 75.3 Å². The van der Waals surface area contributed by atoms with Crippen molar-refractivity contribution in [3.8, 4) is 11.4 Å². The highest BCUT2D eigenvalue weighted by atomic mass is 16.3. The molecule has 6 nitrogen and oxygen atoms in total. The van der Waals surface area contributed by atoms with Crippen LogP contribution in [-0.4, -0.2) is 26.6 Å². The Morgan fingerprint density at radius 1 is 1.08 bits per heavy atom. The van der Waals surface area contributed by atoms with Crippen LogP contribution in [0.3, 0.4) is 0 Å². The van der Waals surface area contributed by atoms with E-state index < -0.39 is 0 Å². The summed E-state index contributed by atoms with van der Waals surface area (Å²) in [6, 6.07) is 11.7. The maximum absolute atomic E-state index is 11.9. The predicted molar refractivity (Wildman–Crippen MR) is 102 cm³/mol. The fourth-order valence-electron chi connectivity index (χ4n) is 2.57. The smallest absolute Gasteiger partial charge is 0.254 e. The van der Waals surface area contributed by atoms with Crippen LogP contribution in [0.1, 0.15) is 22.4 Å². The highest BCUT2D eigenvalue weighted by Gasteiger charge is 2.06. The van der Waals surface area contributed by atoms with Gasteiger partial charge in [0.05, 0.1) is 6.61 Å². The summed E-state index contributed by atoms with van der Waals surface area (Å²) in [6.07, 6.45) is 2.56. The summed E-state index contributed by atoms with van der Waals surface area (Å²) in [5.41, 5.74) is 4.11. The Hall–Kier alpha value is -2.99. The van der Waals surface area contributed by atoms with Crippen molar-refractivity contribution in [2.75, 3.05) is 11.9 Å². The van der Waals surface area contributed by atoms with Crippen LogP contribution in [0.5, 0.6) is 0 Å². The van der Waals surface area contributed by atoms with Gasteiger partial charge in [0.1, 0.15) is 11.6 Å². The van der Waals surface area contributed by atoms with E-state index in [0.717, 1.165) is 35.6 Å². The molecule has 3 aromatic rings. The zero-order valence-electron chi connectivity index (χ0n) is 14.9. The lowest BCUT2D eigenvalue weighted by Gasteiger charge is -2.08. The molecule has 3 rings (SSSR count). The summed E-state index contributed by atoms with van der Waals surface area (Å²) in [7, 11) is 0. The average molecular weight is 350 g/mol. The third-order valence-electron chi connectivity index (χ3n) is 4.36. The minimum absolute atomic E-state index is 0.0649. The van der Waals surface area contributed by atoms with E-state index in [9.17, 15) is 4.79 Å². The largest absolute Gasteiger partial charge is 0.392 e. The van der Waals surface area contributed by atoms with Gasteiger partial charge in [0, 0.05) is 29.6 Å². The van der Waals surface area contributed by atoms with Gasteiger partial charge < -0.3 is 15.4 Å². The first kappa shape index (κ1) is 17.8. The van der Waals surface area contributed by atoms with Gasteiger partial charge in [-0.1, -0.05) is 24.3 Å². The number of H-pyrrole nitrogens is 1. The van der Waals surface area contributed by atoms with E-state index in [-0.39, 0.29) is 12.2 Å². The highest BCUT2D eigenvalue weighted by Crippen LogP contribution is 2.15. The number of aromatic nitrogens is 3. The normalized spacial score (nSPS) is 10.7. The van der Waals surface area contributed by atoms with Crippen molar-refractivity contribution >= 4 is 5.82 Å². The number of nitrogens with one attached hydrogen (secondary N) is 2. The number of hydrogen-bond acceptors (Lipinski definition) is 5. The lowest BCUT2D eigenvalue weighted by atomic mass is 10.1. The Morgan fingerprint density at radius 2 is 1.81 bits per heavy atom. The van der Waals surface area contributed by atoms with Crippen LogP contribution < -0.4 is 10.9 Å². The SMILES string of the molecule is Cc1nc(-c2ccc(NCCc3ccc(CO)cc3)nc2)[nH]c(=O)c1C. The van der Waals surface area contributed by atoms with Gasteiger partial charge in [-0.3, -0.25) is 4.79 Å². The summed E-state index contributed by atoms with van der Waals surface area (Å²) >= 11 is 0. The molecule has 0 aliphatic heterocycles. The van der Waals surface area contributed by atoms with Crippen molar-refractivity contribution in [1.82, 2.24) is 15.0 Å². The molecule has 2 heterocycles. The van der Waals surface area contributed by atoms with Crippen LogP contribution in [0.25, 0.3) is 11.4 Å². The number of pyridine rings is 1. The second-order valence-corrected chi connectivity index (χ2v) is 6.21. The van der Waals surface area contributed by atoms with Crippen LogP contribution in [0.4, 0.5) is 5.82 Å². The molecule has 2 aromatic heterocycles. The van der Waals surface area contributed by atoms with Gasteiger partial charge in [0.25, 0.3) is 5.56 Å². The Kier molecular flexibility index (Phi) is 5.43. The van der Waals surface area contributed by atoms with Gasteiger partial charge in [-0.2, -0.15) is 0 Å². The molecular weight excluding hydrogens is 328 g/mol. The maximum Gasteiger partial charge on any atom is 0.254 e. The third kappa shape index (κ3) is 4.15. The first-order valence-corrected chi connectivity index (χ1v) is 8.53. The molecule has 26 heavy (non-hydrogen) atoms. The molecule has 0 saturated heterocycles. The molecule has 134 valence electrons. The molecule has 1 aromatic carbocycles.